The van der Waals surface area contributed by atoms with Crippen LogP contribution >= 0.6 is 37.2 Å². The highest BCUT2D eigenvalue weighted by molar-refractivity contribution is 5.95. The van der Waals surface area contributed by atoms with Gasteiger partial charge in [0.05, 0.1) is 5.52 Å². The fourth-order valence-corrected chi connectivity index (χ4v) is 2.34. The van der Waals surface area contributed by atoms with Gasteiger partial charge in [-0.05, 0) is 29.7 Å². The number of hydrogen-bond donors (Lipinski definition) is 1. The number of hydrogen-bond acceptors (Lipinski definition) is 2. The molecule has 23 heavy (non-hydrogen) atoms. The number of primary amides is 1. The predicted molar refractivity (Wildman–Crippen MR) is 101 cm³/mol. The summed E-state index contributed by atoms with van der Waals surface area (Å²) in [6.45, 7) is 0. The lowest BCUT2D eigenvalue weighted by Gasteiger charge is -2.08. The first-order valence-electron chi connectivity index (χ1n) is 6.46. The number of carbonyl (C=O) groups excluding carboxylic acids is 1. The number of benzene rings is 2. The van der Waals surface area contributed by atoms with E-state index in [0.29, 0.717) is 5.69 Å². The molecule has 1 amide bonds. The Morgan fingerprint density at radius 2 is 1.52 bits per heavy atom. The second kappa shape index (κ2) is 9.36. The van der Waals surface area contributed by atoms with E-state index in [1.165, 1.54) is 5.56 Å². The third kappa shape index (κ3) is 4.83. The van der Waals surface area contributed by atoms with Crippen molar-refractivity contribution in [3.8, 4) is 0 Å². The summed E-state index contributed by atoms with van der Waals surface area (Å²) in [6, 6.07) is 19.7. The second-order valence-electron chi connectivity index (χ2n) is 4.71. The smallest absolute Gasteiger partial charge is 0.267 e. The largest absolute Gasteiger partial charge is 0.364 e. The van der Waals surface area contributed by atoms with Gasteiger partial charge < -0.3 is 5.73 Å². The van der Waals surface area contributed by atoms with Crippen molar-refractivity contribution >= 4 is 54.0 Å². The fourth-order valence-electron chi connectivity index (χ4n) is 2.34. The summed E-state index contributed by atoms with van der Waals surface area (Å²) in [5.41, 5.74) is 8.74. The summed E-state index contributed by atoms with van der Waals surface area (Å²) < 4.78 is 0. The van der Waals surface area contributed by atoms with E-state index >= 15 is 0 Å². The fraction of sp³-hybridized carbons (Fsp3) is 0.0588. The van der Waals surface area contributed by atoms with Gasteiger partial charge in [0.25, 0.3) is 5.91 Å². The highest BCUT2D eigenvalue weighted by atomic mass is 35.5. The average molecular weight is 372 g/mol. The van der Waals surface area contributed by atoms with Gasteiger partial charge in [-0.25, -0.2) is 4.98 Å². The van der Waals surface area contributed by atoms with Gasteiger partial charge in [0.15, 0.2) is 0 Å². The van der Waals surface area contributed by atoms with Crippen LogP contribution < -0.4 is 5.73 Å². The molecule has 3 nitrogen and oxygen atoms in total. The number of halogens is 3. The number of amides is 1. The van der Waals surface area contributed by atoms with Crippen LogP contribution in [0.15, 0.2) is 60.7 Å². The Morgan fingerprint density at radius 1 is 0.913 bits per heavy atom. The van der Waals surface area contributed by atoms with Crippen molar-refractivity contribution in [1.29, 1.82) is 0 Å². The van der Waals surface area contributed by atoms with Gasteiger partial charge in [-0.15, -0.1) is 37.2 Å². The molecule has 2 aromatic carbocycles. The van der Waals surface area contributed by atoms with Crippen LogP contribution in [0.4, 0.5) is 0 Å². The van der Waals surface area contributed by atoms with Crippen LogP contribution in [0.25, 0.3) is 10.9 Å². The molecular weight excluding hydrogens is 355 g/mol. The molecule has 0 atom stereocenters. The number of nitrogens with two attached hydrogens (primary N) is 1. The van der Waals surface area contributed by atoms with E-state index in [0.717, 1.165) is 22.9 Å². The van der Waals surface area contributed by atoms with E-state index in [9.17, 15) is 4.79 Å². The van der Waals surface area contributed by atoms with Crippen molar-refractivity contribution in [2.75, 3.05) is 0 Å². The Labute approximate surface area is 153 Å². The Morgan fingerprint density at radius 3 is 2.17 bits per heavy atom. The SMILES string of the molecule is Cl.Cl.Cl.NC(=O)c1cc(Cc2ccccc2)c2ccccc2n1. The van der Waals surface area contributed by atoms with Crippen molar-refractivity contribution in [3.63, 3.8) is 0 Å². The zero-order chi connectivity index (χ0) is 13.9. The summed E-state index contributed by atoms with van der Waals surface area (Å²) in [6.07, 6.45) is 0.754. The van der Waals surface area contributed by atoms with Crippen molar-refractivity contribution < 1.29 is 4.79 Å². The van der Waals surface area contributed by atoms with E-state index < -0.39 is 5.91 Å². The standard InChI is InChI=1S/C17H14N2O.3ClH/c18-17(20)16-11-13(10-12-6-2-1-3-7-12)14-8-4-5-9-15(14)19-16;;;/h1-9,11H,10H2,(H2,18,20);3*1H. The molecule has 0 radical (unpaired) electrons. The minimum Gasteiger partial charge on any atom is -0.364 e. The quantitative estimate of drug-likeness (QED) is 0.750. The van der Waals surface area contributed by atoms with E-state index in [4.69, 9.17) is 5.73 Å². The molecule has 0 bridgehead atoms. The van der Waals surface area contributed by atoms with Crippen LogP contribution in [0.2, 0.25) is 0 Å². The summed E-state index contributed by atoms with van der Waals surface area (Å²) in [4.78, 5) is 15.7. The van der Waals surface area contributed by atoms with E-state index in [1.54, 1.807) is 6.07 Å². The molecule has 0 aliphatic heterocycles. The predicted octanol–water partition coefficient (Wildman–Crippen LogP) is 4.19. The Hall–Kier alpha value is -1.81. The van der Waals surface area contributed by atoms with Gasteiger partial charge in [0.1, 0.15) is 5.69 Å². The lowest BCUT2D eigenvalue weighted by molar-refractivity contribution is 0.0996. The first-order valence-corrected chi connectivity index (χ1v) is 6.46. The third-order valence-electron chi connectivity index (χ3n) is 3.29. The molecular formula is C17H17Cl3N2O. The first-order chi connectivity index (χ1) is 9.74. The van der Waals surface area contributed by atoms with Crippen molar-refractivity contribution in [3.05, 3.63) is 77.5 Å². The maximum Gasteiger partial charge on any atom is 0.267 e. The monoisotopic (exact) mass is 370 g/mol. The zero-order valence-corrected chi connectivity index (χ0v) is 14.6. The molecule has 0 unspecified atom stereocenters. The molecule has 3 rings (SSSR count). The van der Waals surface area contributed by atoms with Crippen LogP contribution in [-0.4, -0.2) is 10.9 Å². The highest BCUT2D eigenvalue weighted by Crippen LogP contribution is 2.21. The van der Waals surface area contributed by atoms with Gasteiger partial charge in [0.2, 0.25) is 0 Å². The minimum absolute atomic E-state index is 0. The van der Waals surface area contributed by atoms with Crippen LogP contribution in [0.1, 0.15) is 21.6 Å². The number of nitrogens with zero attached hydrogens (tertiary/aromatic N) is 1. The molecule has 0 saturated heterocycles. The topological polar surface area (TPSA) is 56.0 Å². The summed E-state index contributed by atoms with van der Waals surface area (Å²) >= 11 is 0. The molecule has 0 aliphatic carbocycles. The van der Waals surface area contributed by atoms with Crippen LogP contribution in [0, 0.1) is 0 Å². The molecule has 0 spiro atoms. The van der Waals surface area contributed by atoms with Gasteiger partial charge in [-0.2, -0.15) is 0 Å². The summed E-state index contributed by atoms with van der Waals surface area (Å²) in [5.74, 6) is -0.495. The molecule has 0 saturated carbocycles. The van der Waals surface area contributed by atoms with E-state index in [2.05, 4.69) is 17.1 Å². The van der Waals surface area contributed by atoms with Crippen molar-refractivity contribution in [2.45, 2.75) is 6.42 Å². The number of carbonyl (C=O) groups is 1. The molecule has 1 heterocycles. The van der Waals surface area contributed by atoms with E-state index in [-0.39, 0.29) is 37.2 Å². The van der Waals surface area contributed by atoms with Gasteiger partial charge >= 0.3 is 0 Å². The molecule has 6 heteroatoms. The van der Waals surface area contributed by atoms with Gasteiger partial charge in [-0.3, -0.25) is 4.79 Å². The normalized spacial score (nSPS) is 9.22. The maximum absolute atomic E-state index is 11.4. The zero-order valence-electron chi connectivity index (χ0n) is 12.1. The van der Waals surface area contributed by atoms with Crippen molar-refractivity contribution in [2.24, 2.45) is 5.73 Å². The lowest BCUT2D eigenvalue weighted by Crippen LogP contribution is -2.13. The Balaban J connectivity index is 0.00000161. The second-order valence-corrected chi connectivity index (χ2v) is 4.71. The number of fused-ring (bicyclic) bond motifs is 1. The molecule has 1 aromatic heterocycles. The van der Waals surface area contributed by atoms with E-state index in [1.807, 2.05) is 42.5 Å². The highest BCUT2D eigenvalue weighted by Gasteiger charge is 2.09. The van der Waals surface area contributed by atoms with Crippen molar-refractivity contribution in [1.82, 2.24) is 4.98 Å². The maximum atomic E-state index is 11.4. The molecule has 3 aromatic rings. The van der Waals surface area contributed by atoms with Gasteiger partial charge in [-0.1, -0.05) is 48.5 Å². The summed E-state index contributed by atoms with van der Waals surface area (Å²) in [7, 11) is 0. The lowest BCUT2D eigenvalue weighted by atomic mass is 10.00. The third-order valence-corrected chi connectivity index (χ3v) is 3.29. The number of aromatic nitrogens is 1. The minimum atomic E-state index is -0.495. The molecule has 122 valence electrons. The number of pyridine rings is 1. The number of para-hydroxylation sites is 1. The van der Waals surface area contributed by atoms with Crippen LogP contribution in [0.3, 0.4) is 0 Å². The molecule has 2 N–H and O–H groups in total. The summed E-state index contributed by atoms with van der Waals surface area (Å²) in [5, 5.41) is 1.06. The molecule has 0 aliphatic rings. The van der Waals surface area contributed by atoms with Crippen LogP contribution in [0.5, 0.6) is 0 Å². The number of rotatable bonds is 3. The Bertz CT molecular complexity index is 779. The van der Waals surface area contributed by atoms with Crippen LogP contribution in [-0.2, 0) is 6.42 Å². The van der Waals surface area contributed by atoms with Gasteiger partial charge in [0, 0.05) is 5.39 Å². The Kier molecular flexibility index (Phi) is 8.62. The molecule has 0 fully saturated rings. The average Bonchev–Trinajstić information content (AvgIpc) is 2.48. The first kappa shape index (κ1) is 21.2.